The number of rotatable bonds is 4. The first-order chi connectivity index (χ1) is 9.51. The Labute approximate surface area is 116 Å². The SMILES string of the molecule is COC(=O)CPc1cc(-c2cc(F)ccc2F)n(C)n1. The van der Waals surface area contributed by atoms with Gasteiger partial charge < -0.3 is 4.74 Å². The van der Waals surface area contributed by atoms with Crippen molar-refractivity contribution < 1.29 is 18.3 Å². The summed E-state index contributed by atoms with van der Waals surface area (Å²) in [5.74, 6) is -1.36. The van der Waals surface area contributed by atoms with Gasteiger partial charge in [-0.25, -0.2) is 8.78 Å². The minimum atomic E-state index is -0.516. The molecule has 1 aromatic heterocycles. The Morgan fingerprint density at radius 3 is 2.85 bits per heavy atom. The summed E-state index contributed by atoms with van der Waals surface area (Å²) in [6.45, 7) is 0. The predicted octanol–water partition coefficient (Wildman–Crippen LogP) is 1.84. The van der Waals surface area contributed by atoms with Gasteiger partial charge in [-0.1, -0.05) is 8.58 Å². The van der Waals surface area contributed by atoms with Gasteiger partial charge in [0, 0.05) is 12.6 Å². The van der Waals surface area contributed by atoms with Crippen molar-refractivity contribution in [1.29, 1.82) is 0 Å². The predicted molar refractivity (Wildman–Crippen MR) is 73.4 cm³/mol. The Kier molecular flexibility index (Phi) is 4.45. The van der Waals surface area contributed by atoms with E-state index >= 15 is 0 Å². The number of hydrogen-bond acceptors (Lipinski definition) is 3. The molecule has 1 aromatic carbocycles. The van der Waals surface area contributed by atoms with Gasteiger partial charge in [-0.05, 0) is 24.3 Å². The largest absolute Gasteiger partial charge is 0.469 e. The van der Waals surface area contributed by atoms with E-state index in [1.54, 1.807) is 13.1 Å². The molecule has 0 aliphatic carbocycles. The van der Waals surface area contributed by atoms with Crippen LogP contribution in [0.2, 0.25) is 0 Å². The second-order valence-electron chi connectivity index (χ2n) is 4.09. The maximum absolute atomic E-state index is 13.7. The van der Waals surface area contributed by atoms with Crippen LogP contribution in [-0.4, -0.2) is 29.0 Å². The van der Waals surface area contributed by atoms with Gasteiger partial charge in [0.05, 0.1) is 24.4 Å². The number of halogens is 2. The van der Waals surface area contributed by atoms with Crippen LogP contribution in [0.1, 0.15) is 0 Å². The summed E-state index contributed by atoms with van der Waals surface area (Å²) in [6, 6.07) is 4.92. The van der Waals surface area contributed by atoms with E-state index in [1.165, 1.54) is 11.8 Å². The third-order valence-electron chi connectivity index (χ3n) is 2.73. The lowest BCUT2D eigenvalue weighted by Crippen LogP contribution is -2.07. The highest BCUT2D eigenvalue weighted by atomic mass is 31.1. The molecule has 0 aliphatic heterocycles. The highest BCUT2D eigenvalue weighted by Gasteiger charge is 2.13. The fourth-order valence-corrected chi connectivity index (χ4v) is 2.66. The first-order valence-electron chi connectivity index (χ1n) is 5.81. The number of ether oxygens (including phenoxy) is 1. The van der Waals surface area contributed by atoms with E-state index < -0.39 is 11.6 Å². The Morgan fingerprint density at radius 2 is 2.15 bits per heavy atom. The van der Waals surface area contributed by atoms with Crippen molar-refractivity contribution in [3.63, 3.8) is 0 Å². The number of aryl methyl sites for hydroxylation is 1. The van der Waals surface area contributed by atoms with Crippen molar-refractivity contribution in [1.82, 2.24) is 9.78 Å². The number of esters is 1. The van der Waals surface area contributed by atoms with Crippen molar-refractivity contribution in [2.45, 2.75) is 0 Å². The number of carbonyl (C=O) groups excluding carboxylic acids is 1. The third-order valence-corrected chi connectivity index (χ3v) is 3.80. The van der Waals surface area contributed by atoms with E-state index in [9.17, 15) is 13.6 Å². The molecule has 0 radical (unpaired) electrons. The maximum atomic E-state index is 13.7. The molecule has 0 spiro atoms. The summed E-state index contributed by atoms with van der Waals surface area (Å²) >= 11 is 0. The quantitative estimate of drug-likeness (QED) is 0.639. The fourth-order valence-electron chi connectivity index (χ4n) is 1.73. The Balaban J connectivity index is 2.27. The molecule has 0 aliphatic rings. The number of aromatic nitrogens is 2. The summed E-state index contributed by atoms with van der Waals surface area (Å²) < 4.78 is 33.0. The van der Waals surface area contributed by atoms with Gasteiger partial charge >= 0.3 is 5.97 Å². The topological polar surface area (TPSA) is 44.1 Å². The molecule has 7 heteroatoms. The number of hydrogen-bond donors (Lipinski definition) is 0. The zero-order chi connectivity index (χ0) is 14.7. The number of carbonyl (C=O) groups is 1. The molecule has 1 heterocycles. The number of nitrogens with zero attached hydrogens (tertiary/aromatic N) is 2. The van der Waals surface area contributed by atoms with Crippen LogP contribution in [0.15, 0.2) is 24.3 Å². The molecule has 2 rings (SSSR count). The second-order valence-corrected chi connectivity index (χ2v) is 5.31. The lowest BCUT2D eigenvalue weighted by Gasteiger charge is -2.03. The highest BCUT2D eigenvalue weighted by molar-refractivity contribution is 7.47. The average Bonchev–Trinajstić information content (AvgIpc) is 2.80. The zero-order valence-electron chi connectivity index (χ0n) is 11.0. The normalized spacial score (nSPS) is 11.2. The van der Waals surface area contributed by atoms with Crippen LogP contribution in [-0.2, 0) is 16.6 Å². The van der Waals surface area contributed by atoms with Gasteiger partial charge in [-0.2, -0.15) is 5.10 Å². The van der Waals surface area contributed by atoms with Gasteiger partial charge in [-0.3, -0.25) is 9.48 Å². The van der Waals surface area contributed by atoms with Gasteiger partial charge in [0.2, 0.25) is 0 Å². The van der Waals surface area contributed by atoms with Crippen LogP contribution in [0.4, 0.5) is 8.78 Å². The second kappa shape index (κ2) is 6.09. The van der Waals surface area contributed by atoms with E-state index in [0.717, 1.165) is 18.2 Å². The van der Waals surface area contributed by atoms with E-state index in [-0.39, 0.29) is 26.3 Å². The molecular weight excluding hydrogens is 285 g/mol. The Bertz CT molecular complexity index is 643. The van der Waals surface area contributed by atoms with Crippen molar-refractivity contribution in [2.24, 2.45) is 7.05 Å². The summed E-state index contributed by atoms with van der Waals surface area (Å²) in [4.78, 5) is 11.1. The van der Waals surface area contributed by atoms with E-state index in [0.29, 0.717) is 11.1 Å². The number of benzene rings is 1. The smallest absolute Gasteiger partial charge is 0.309 e. The summed E-state index contributed by atoms with van der Waals surface area (Å²) in [5.41, 5.74) is 1.26. The van der Waals surface area contributed by atoms with E-state index in [1.807, 2.05) is 0 Å². The molecule has 1 unspecified atom stereocenters. The van der Waals surface area contributed by atoms with E-state index in [2.05, 4.69) is 9.84 Å². The standard InChI is InChI=1S/C13H13F2N2O2P/c1-17-11(9-5-8(14)3-4-10(9)15)6-12(16-17)20-7-13(18)19-2/h3-6,20H,7H2,1-2H3. The third kappa shape index (κ3) is 3.20. The van der Waals surface area contributed by atoms with Crippen molar-refractivity contribution in [3.8, 4) is 11.3 Å². The van der Waals surface area contributed by atoms with Crippen LogP contribution < -0.4 is 5.44 Å². The minimum absolute atomic E-state index is 0.125. The van der Waals surface area contributed by atoms with Gasteiger partial charge in [0.1, 0.15) is 11.6 Å². The molecule has 0 saturated heterocycles. The van der Waals surface area contributed by atoms with Gasteiger partial charge in [-0.15, -0.1) is 0 Å². The minimum Gasteiger partial charge on any atom is -0.469 e. The highest BCUT2D eigenvalue weighted by Crippen LogP contribution is 2.24. The summed E-state index contributed by atoms with van der Waals surface area (Å²) in [5, 5.41) is 4.20. The van der Waals surface area contributed by atoms with Crippen molar-refractivity contribution in [2.75, 3.05) is 13.3 Å². The molecule has 1 atom stereocenters. The Morgan fingerprint density at radius 1 is 1.40 bits per heavy atom. The Hall–Kier alpha value is -1.81. The summed E-state index contributed by atoms with van der Waals surface area (Å²) in [7, 11) is 3.09. The molecular formula is C13H13F2N2O2P. The average molecular weight is 298 g/mol. The number of methoxy groups -OCH3 is 1. The molecule has 0 fully saturated rings. The molecule has 0 amide bonds. The van der Waals surface area contributed by atoms with Gasteiger partial charge in [0.25, 0.3) is 0 Å². The summed E-state index contributed by atoms with van der Waals surface area (Å²) in [6.07, 6.45) is 0.221. The van der Waals surface area contributed by atoms with Crippen LogP contribution in [0.5, 0.6) is 0 Å². The zero-order valence-corrected chi connectivity index (χ0v) is 12.0. The lowest BCUT2D eigenvalue weighted by molar-refractivity contribution is -0.137. The molecule has 2 aromatic rings. The molecule has 0 N–H and O–H groups in total. The monoisotopic (exact) mass is 298 g/mol. The van der Waals surface area contributed by atoms with E-state index in [4.69, 9.17) is 0 Å². The van der Waals surface area contributed by atoms with Crippen LogP contribution in [0, 0.1) is 11.6 Å². The van der Waals surface area contributed by atoms with Crippen LogP contribution >= 0.6 is 8.58 Å². The fraction of sp³-hybridized carbons (Fsp3) is 0.231. The maximum Gasteiger partial charge on any atom is 0.309 e. The molecule has 4 nitrogen and oxygen atoms in total. The van der Waals surface area contributed by atoms with Crippen LogP contribution in [0.3, 0.4) is 0 Å². The lowest BCUT2D eigenvalue weighted by atomic mass is 10.1. The first-order valence-corrected chi connectivity index (χ1v) is 7.02. The van der Waals surface area contributed by atoms with Crippen LogP contribution in [0.25, 0.3) is 11.3 Å². The molecule has 106 valence electrons. The van der Waals surface area contributed by atoms with Crippen molar-refractivity contribution in [3.05, 3.63) is 35.9 Å². The van der Waals surface area contributed by atoms with Crippen molar-refractivity contribution >= 4 is 20.0 Å². The van der Waals surface area contributed by atoms with Gasteiger partial charge in [0.15, 0.2) is 0 Å². The molecule has 20 heavy (non-hydrogen) atoms. The molecule has 0 bridgehead atoms. The first kappa shape index (κ1) is 14.6. The molecule has 0 saturated carbocycles.